The van der Waals surface area contributed by atoms with Crippen molar-refractivity contribution in [3.05, 3.63) is 12.2 Å². The Balaban J connectivity index is 2.34. The molecule has 0 aromatic heterocycles. The maximum atomic E-state index is 10.9. The fraction of sp³-hybridized carbons (Fsp3) is 0.600. The highest BCUT2D eigenvalue weighted by molar-refractivity contribution is 5.87. The number of likely N-dealkylation sites (N-methyl/N-ethyl adjacent to an activating group) is 1. The number of carbonyl (C=O) groups is 1. The number of hydrogen-bond donors (Lipinski definition) is 1. The van der Waals surface area contributed by atoms with Crippen molar-refractivity contribution in [2.24, 2.45) is 0 Å². The van der Waals surface area contributed by atoms with E-state index in [1.165, 1.54) is 6.08 Å². The van der Waals surface area contributed by atoms with Crippen molar-refractivity contribution in [3.8, 4) is 6.07 Å². The Morgan fingerprint density at radius 3 is 3.21 bits per heavy atom. The molecule has 0 bridgehead atoms. The zero-order valence-electron chi connectivity index (χ0n) is 8.36. The average Bonchev–Trinajstić information content (AvgIpc) is 2.65. The normalized spacial score (nSPS) is 22.4. The van der Waals surface area contributed by atoms with Crippen molar-refractivity contribution < 1.29 is 4.79 Å². The molecule has 0 spiro atoms. The Morgan fingerprint density at radius 1 is 1.79 bits per heavy atom. The summed E-state index contributed by atoms with van der Waals surface area (Å²) < 4.78 is 0. The van der Waals surface area contributed by atoms with Gasteiger partial charge in [-0.3, -0.25) is 9.69 Å². The van der Waals surface area contributed by atoms with Gasteiger partial charge in [0.2, 0.25) is 5.91 Å². The van der Waals surface area contributed by atoms with Crippen LogP contribution in [0.1, 0.15) is 12.8 Å². The number of hydrogen-bond acceptors (Lipinski definition) is 3. The van der Waals surface area contributed by atoms with Crippen molar-refractivity contribution in [1.82, 2.24) is 10.2 Å². The third-order valence-electron chi connectivity index (χ3n) is 2.37. The first-order valence-electron chi connectivity index (χ1n) is 4.80. The summed E-state index contributed by atoms with van der Waals surface area (Å²) in [6.45, 7) is 1.64. The lowest BCUT2D eigenvalue weighted by atomic mass is 10.2. The van der Waals surface area contributed by atoms with Crippen LogP contribution in [0.2, 0.25) is 0 Å². The van der Waals surface area contributed by atoms with E-state index in [2.05, 4.69) is 16.3 Å². The molecule has 1 unspecified atom stereocenters. The summed E-state index contributed by atoms with van der Waals surface area (Å²) in [6, 6.07) is 2.29. The molecule has 0 radical (unpaired) electrons. The highest BCUT2D eigenvalue weighted by atomic mass is 16.1. The lowest BCUT2D eigenvalue weighted by Crippen LogP contribution is -2.28. The number of likely N-dealkylation sites (tertiary alicyclic amines) is 1. The molecule has 0 aromatic carbocycles. The van der Waals surface area contributed by atoms with E-state index in [1.54, 1.807) is 13.1 Å². The molecule has 1 atom stereocenters. The van der Waals surface area contributed by atoms with Crippen LogP contribution in [0.3, 0.4) is 0 Å². The Kier molecular flexibility index (Phi) is 4.14. The minimum Gasteiger partial charge on any atom is -0.356 e. The van der Waals surface area contributed by atoms with Gasteiger partial charge in [0, 0.05) is 19.7 Å². The number of nitriles is 1. The molecule has 14 heavy (non-hydrogen) atoms. The molecule has 0 aromatic rings. The van der Waals surface area contributed by atoms with Gasteiger partial charge in [0.25, 0.3) is 0 Å². The predicted octanol–water partition coefficient (Wildman–Crippen LogP) is 0.277. The molecule has 1 heterocycles. The smallest absolute Gasteiger partial charge is 0.243 e. The topological polar surface area (TPSA) is 56.1 Å². The zero-order valence-corrected chi connectivity index (χ0v) is 8.36. The van der Waals surface area contributed by atoms with Crippen LogP contribution in [-0.4, -0.2) is 37.0 Å². The van der Waals surface area contributed by atoms with Crippen LogP contribution in [0.5, 0.6) is 0 Å². The van der Waals surface area contributed by atoms with E-state index in [4.69, 9.17) is 5.26 Å². The number of amides is 1. The molecule has 1 saturated heterocycles. The van der Waals surface area contributed by atoms with Crippen molar-refractivity contribution in [2.75, 3.05) is 20.1 Å². The molecule has 1 N–H and O–H groups in total. The van der Waals surface area contributed by atoms with Crippen LogP contribution < -0.4 is 5.32 Å². The van der Waals surface area contributed by atoms with Gasteiger partial charge in [0.05, 0.1) is 12.1 Å². The van der Waals surface area contributed by atoms with E-state index in [0.29, 0.717) is 6.54 Å². The van der Waals surface area contributed by atoms with Gasteiger partial charge in [-0.1, -0.05) is 6.08 Å². The minimum atomic E-state index is -0.0993. The lowest BCUT2D eigenvalue weighted by Gasteiger charge is -2.15. The van der Waals surface area contributed by atoms with Crippen molar-refractivity contribution in [3.63, 3.8) is 0 Å². The molecule has 1 aliphatic heterocycles. The van der Waals surface area contributed by atoms with E-state index >= 15 is 0 Å². The van der Waals surface area contributed by atoms with Gasteiger partial charge in [-0.2, -0.15) is 5.26 Å². The summed E-state index contributed by atoms with van der Waals surface area (Å²) in [7, 11) is 1.60. The molecule has 1 aliphatic rings. The fourth-order valence-corrected chi connectivity index (χ4v) is 1.57. The standard InChI is InChI=1S/C10H15N3O/c1-12-10(14)5-3-7-13-6-2-4-9(13)8-11/h3,5,9H,2,4,6-7H2,1H3,(H,12,14)/b5-3+. The van der Waals surface area contributed by atoms with E-state index < -0.39 is 0 Å². The molecule has 4 nitrogen and oxygen atoms in total. The summed E-state index contributed by atoms with van der Waals surface area (Å²) in [6.07, 6.45) is 5.33. The maximum Gasteiger partial charge on any atom is 0.243 e. The molecule has 76 valence electrons. The molecule has 0 saturated carbocycles. The van der Waals surface area contributed by atoms with E-state index in [9.17, 15) is 4.79 Å². The number of rotatable bonds is 3. The van der Waals surface area contributed by atoms with Crippen molar-refractivity contribution >= 4 is 5.91 Å². The van der Waals surface area contributed by atoms with E-state index in [0.717, 1.165) is 19.4 Å². The molecule has 1 rings (SSSR count). The summed E-state index contributed by atoms with van der Waals surface area (Å²) in [5.74, 6) is -0.0993. The first-order valence-corrected chi connectivity index (χ1v) is 4.80. The van der Waals surface area contributed by atoms with E-state index in [1.807, 2.05) is 0 Å². The first-order chi connectivity index (χ1) is 6.77. The van der Waals surface area contributed by atoms with Gasteiger partial charge in [-0.15, -0.1) is 0 Å². The highest BCUT2D eigenvalue weighted by Gasteiger charge is 2.22. The Bertz CT molecular complexity index is 267. The zero-order chi connectivity index (χ0) is 10.4. The van der Waals surface area contributed by atoms with Gasteiger partial charge >= 0.3 is 0 Å². The summed E-state index contributed by atoms with van der Waals surface area (Å²) in [5.41, 5.74) is 0. The number of carbonyl (C=O) groups excluding carboxylic acids is 1. The van der Waals surface area contributed by atoms with Crippen molar-refractivity contribution in [1.29, 1.82) is 5.26 Å². The van der Waals surface area contributed by atoms with Crippen LogP contribution >= 0.6 is 0 Å². The fourth-order valence-electron chi connectivity index (χ4n) is 1.57. The van der Waals surface area contributed by atoms with Crippen LogP contribution in [0.4, 0.5) is 0 Å². The number of nitrogens with zero attached hydrogens (tertiary/aromatic N) is 2. The molecule has 0 aliphatic carbocycles. The summed E-state index contributed by atoms with van der Waals surface area (Å²) >= 11 is 0. The first kappa shape index (κ1) is 10.7. The van der Waals surface area contributed by atoms with E-state index in [-0.39, 0.29) is 11.9 Å². The summed E-state index contributed by atoms with van der Waals surface area (Å²) in [5, 5.41) is 11.3. The van der Waals surface area contributed by atoms with Gasteiger partial charge in [-0.25, -0.2) is 0 Å². The molecule has 1 amide bonds. The van der Waals surface area contributed by atoms with Crippen molar-refractivity contribution in [2.45, 2.75) is 18.9 Å². The number of nitrogens with one attached hydrogen (secondary N) is 1. The maximum absolute atomic E-state index is 10.9. The van der Waals surface area contributed by atoms with Gasteiger partial charge in [0.1, 0.15) is 0 Å². The van der Waals surface area contributed by atoms with Crippen LogP contribution in [-0.2, 0) is 4.79 Å². The predicted molar refractivity (Wildman–Crippen MR) is 53.4 cm³/mol. The molecular weight excluding hydrogens is 178 g/mol. The Hall–Kier alpha value is -1.34. The van der Waals surface area contributed by atoms with Crippen LogP contribution in [0, 0.1) is 11.3 Å². The summed E-state index contributed by atoms with van der Waals surface area (Å²) in [4.78, 5) is 12.9. The average molecular weight is 193 g/mol. The van der Waals surface area contributed by atoms with Crippen LogP contribution in [0.15, 0.2) is 12.2 Å². The second kappa shape index (κ2) is 5.40. The van der Waals surface area contributed by atoms with Crippen LogP contribution in [0.25, 0.3) is 0 Å². The van der Waals surface area contributed by atoms with Gasteiger partial charge in [-0.05, 0) is 19.4 Å². The SMILES string of the molecule is CNC(=O)/C=C/CN1CCCC1C#N. The Morgan fingerprint density at radius 2 is 2.57 bits per heavy atom. The molecule has 1 fully saturated rings. The third kappa shape index (κ3) is 2.86. The highest BCUT2D eigenvalue weighted by Crippen LogP contribution is 2.15. The third-order valence-corrected chi connectivity index (χ3v) is 2.37. The molecule has 4 heteroatoms. The molecular formula is C10H15N3O. The lowest BCUT2D eigenvalue weighted by molar-refractivity contribution is -0.116. The monoisotopic (exact) mass is 193 g/mol. The largest absolute Gasteiger partial charge is 0.356 e. The van der Waals surface area contributed by atoms with Gasteiger partial charge in [0.15, 0.2) is 0 Å². The quantitative estimate of drug-likeness (QED) is 0.655. The second-order valence-electron chi connectivity index (χ2n) is 3.30. The Labute approximate surface area is 84.2 Å². The minimum absolute atomic E-state index is 0.0318. The van der Waals surface area contributed by atoms with Gasteiger partial charge < -0.3 is 5.32 Å². The second-order valence-corrected chi connectivity index (χ2v) is 3.30.